The Morgan fingerprint density at radius 3 is 2.39 bits per heavy atom. The normalized spacial score (nSPS) is 10.5. The maximum Gasteiger partial charge on any atom is 0.212 e. The van der Waals surface area contributed by atoms with Crippen LogP contribution in [0.15, 0.2) is 54.9 Å². The largest absolute Gasteiger partial charge is 0.338 e. The summed E-state index contributed by atoms with van der Waals surface area (Å²) in [4.78, 5) is 11.1. The quantitative estimate of drug-likeness (QED) is 0.697. The van der Waals surface area contributed by atoms with E-state index in [1.54, 1.807) is 12.3 Å². The number of rotatable bonds is 2. The van der Waals surface area contributed by atoms with E-state index in [-0.39, 0.29) is 0 Å². The number of pyridine rings is 1. The fourth-order valence-corrected chi connectivity index (χ4v) is 1.75. The molecule has 3 aromatic rings. The van der Waals surface area contributed by atoms with Crippen LogP contribution in [0.2, 0.25) is 0 Å². The molecule has 2 aromatic heterocycles. The molecule has 0 fully saturated rings. The second kappa shape index (κ2) is 4.41. The van der Waals surface area contributed by atoms with Gasteiger partial charge >= 0.3 is 0 Å². The summed E-state index contributed by atoms with van der Waals surface area (Å²) >= 11 is 0. The van der Waals surface area contributed by atoms with Gasteiger partial charge in [-0.05, 0) is 17.7 Å². The number of aromatic nitrogens is 3. The van der Waals surface area contributed by atoms with Crippen molar-refractivity contribution in [2.75, 3.05) is 0 Å². The molecule has 0 radical (unpaired) electrons. The lowest BCUT2D eigenvalue weighted by Crippen LogP contribution is -1.85. The van der Waals surface area contributed by atoms with Crippen molar-refractivity contribution in [3.05, 3.63) is 60.8 Å². The Labute approximate surface area is 103 Å². The highest BCUT2D eigenvalue weighted by Crippen LogP contribution is 2.21. The van der Waals surface area contributed by atoms with Crippen LogP contribution in [-0.2, 0) is 0 Å². The van der Waals surface area contributed by atoms with Gasteiger partial charge in [-0.15, -0.1) is 0 Å². The van der Waals surface area contributed by atoms with E-state index in [4.69, 9.17) is 0 Å². The number of imidazole rings is 1. The second-order valence-corrected chi connectivity index (χ2v) is 3.88. The Morgan fingerprint density at radius 1 is 0.833 bits per heavy atom. The first-order valence-electron chi connectivity index (χ1n) is 5.55. The molecular weight excluding hydrogens is 229 g/mol. The van der Waals surface area contributed by atoms with Gasteiger partial charge in [0, 0.05) is 11.8 Å². The zero-order chi connectivity index (χ0) is 12.4. The van der Waals surface area contributed by atoms with E-state index in [0.717, 1.165) is 16.8 Å². The molecule has 0 saturated carbocycles. The molecule has 3 rings (SSSR count). The Balaban J connectivity index is 1.97. The molecule has 3 nitrogen and oxygen atoms in total. The summed E-state index contributed by atoms with van der Waals surface area (Å²) in [6.07, 6.45) is 3.22. The number of nitrogens with zero attached hydrogens (tertiary/aromatic N) is 2. The number of benzene rings is 1. The Hall–Kier alpha value is -2.49. The summed E-state index contributed by atoms with van der Waals surface area (Å²) in [7, 11) is 0. The maximum absolute atomic E-state index is 12.7. The number of nitrogens with one attached hydrogen (secondary N) is 1. The molecule has 0 unspecified atom stereocenters. The molecule has 0 atom stereocenters. The first-order valence-corrected chi connectivity index (χ1v) is 5.55. The van der Waals surface area contributed by atoms with Crippen LogP contribution in [0.5, 0.6) is 0 Å². The van der Waals surface area contributed by atoms with E-state index in [2.05, 4.69) is 15.0 Å². The molecule has 2 heterocycles. The summed E-state index contributed by atoms with van der Waals surface area (Å²) in [5.74, 6) is 0.190. The Kier molecular flexibility index (Phi) is 2.61. The summed E-state index contributed by atoms with van der Waals surface area (Å²) in [5, 5.41) is 0. The minimum absolute atomic E-state index is 0.492. The Morgan fingerprint density at radius 2 is 1.67 bits per heavy atom. The van der Waals surface area contributed by atoms with Gasteiger partial charge < -0.3 is 4.98 Å². The van der Waals surface area contributed by atoms with Gasteiger partial charge in [0.1, 0.15) is 5.82 Å². The van der Waals surface area contributed by atoms with E-state index < -0.39 is 5.95 Å². The van der Waals surface area contributed by atoms with Crippen molar-refractivity contribution in [1.29, 1.82) is 0 Å². The van der Waals surface area contributed by atoms with Crippen LogP contribution in [0.4, 0.5) is 4.39 Å². The van der Waals surface area contributed by atoms with Crippen LogP contribution in [0, 0.1) is 5.95 Å². The molecule has 0 aliphatic rings. The molecule has 18 heavy (non-hydrogen) atoms. The third-order valence-corrected chi connectivity index (χ3v) is 2.66. The van der Waals surface area contributed by atoms with Gasteiger partial charge in [-0.3, -0.25) is 0 Å². The predicted octanol–water partition coefficient (Wildman–Crippen LogP) is 3.28. The van der Waals surface area contributed by atoms with Crippen LogP contribution in [0.25, 0.3) is 22.6 Å². The third kappa shape index (κ3) is 2.00. The van der Waals surface area contributed by atoms with E-state index in [1.807, 2.05) is 30.3 Å². The summed E-state index contributed by atoms with van der Waals surface area (Å²) in [5.41, 5.74) is 2.75. The molecule has 1 N–H and O–H groups in total. The van der Waals surface area contributed by atoms with Crippen LogP contribution in [0.1, 0.15) is 0 Å². The fourth-order valence-electron chi connectivity index (χ4n) is 1.75. The van der Waals surface area contributed by atoms with E-state index in [9.17, 15) is 4.39 Å². The third-order valence-electron chi connectivity index (χ3n) is 2.66. The monoisotopic (exact) mass is 239 g/mol. The minimum atomic E-state index is -0.492. The van der Waals surface area contributed by atoms with Crippen molar-refractivity contribution in [3.8, 4) is 22.6 Å². The van der Waals surface area contributed by atoms with Crippen molar-refractivity contribution in [3.63, 3.8) is 0 Å². The van der Waals surface area contributed by atoms with Crippen molar-refractivity contribution in [1.82, 2.24) is 15.0 Å². The van der Waals surface area contributed by atoms with Crippen molar-refractivity contribution in [2.24, 2.45) is 0 Å². The zero-order valence-electron chi connectivity index (χ0n) is 9.47. The number of halogens is 1. The van der Waals surface area contributed by atoms with E-state index in [0.29, 0.717) is 5.82 Å². The lowest BCUT2D eigenvalue weighted by Gasteiger charge is -1.97. The minimum Gasteiger partial charge on any atom is -0.338 e. The number of hydrogen-bond donors (Lipinski definition) is 1. The molecule has 0 saturated heterocycles. The molecule has 0 aliphatic carbocycles. The standard InChI is InChI=1S/C14H10FN3/c15-13-7-6-11(8-16-13)14-17-9-12(18-14)10-4-2-1-3-5-10/h1-9H,(H,17,18). The van der Waals surface area contributed by atoms with Crippen molar-refractivity contribution >= 4 is 0 Å². The van der Waals surface area contributed by atoms with E-state index >= 15 is 0 Å². The van der Waals surface area contributed by atoms with Gasteiger partial charge in [-0.1, -0.05) is 30.3 Å². The average molecular weight is 239 g/mol. The number of hydrogen-bond acceptors (Lipinski definition) is 2. The van der Waals surface area contributed by atoms with Crippen molar-refractivity contribution in [2.45, 2.75) is 0 Å². The maximum atomic E-state index is 12.7. The molecule has 0 spiro atoms. The molecule has 88 valence electrons. The summed E-state index contributed by atoms with van der Waals surface area (Å²) < 4.78 is 12.7. The van der Waals surface area contributed by atoms with Gasteiger partial charge in [0.05, 0.1) is 11.9 Å². The topological polar surface area (TPSA) is 41.6 Å². The van der Waals surface area contributed by atoms with Crippen LogP contribution in [-0.4, -0.2) is 15.0 Å². The number of H-pyrrole nitrogens is 1. The lowest BCUT2D eigenvalue weighted by atomic mass is 10.2. The highest BCUT2D eigenvalue weighted by atomic mass is 19.1. The van der Waals surface area contributed by atoms with Crippen LogP contribution < -0.4 is 0 Å². The van der Waals surface area contributed by atoms with Crippen molar-refractivity contribution < 1.29 is 4.39 Å². The van der Waals surface area contributed by atoms with Gasteiger partial charge in [-0.25, -0.2) is 9.97 Å². The predicted molar refractivity (Wildman–Crippen MR) is 67.2 cm³/mol. The summed E-state index contributed by atoms with van der Waals surface area (Å²) in [6.45, 7) is 0. The van der Waals surface area contributed by atoms with Gasteiger partial charge in [0.25, 0.3) is 0 Å². The van der Waals surface area contributed by atoms with Gasteiger partial charge in [0.2, 0.25) is 5.95 Å². The van der Waals surface area contributed by atoms with Gasteiger partial charge in [-0.2, -0.15) is 4.39 Å². The number of aromatic amines is 1. The molecule has 4 heteroatoms. The first kappa shape index (κ1) is 10.7. The molecule has 0 bridgehead atoms. The molecule has 0 aliphatic heterocycles. The van der Waals surface area contributed by atoms with Gasteiger partial charge in [0.15, 0.2) is 0 Å². The van der Waals surface area contributed by atoms with E-state index in [1.165, 1.54) is 12.3 Å². The highest BCUT2D eigenvalue weighted by molar-refractivity contribution is 5.63. The molecule has 0 amide bonds. The second-order valence-electron chi connectivity index (χ2n) is 3.88. The molecular formula is C14H10FN3. The molecule has 1 aromatic carbocycles. The van der Waals surface area contributed by atoms with Crippen LogP contribution in [0.3, 0.4) is 0 Å². The smallest absolute Gasteiger partial charge is 0.212 e. The SMILES string of the molecule is Fc1ccc(-c2ncc(-c3ccccc3)[nH]2)cn1. The first-order chi connectivity index (χ1) is 8.83. The summed E-state index contributed by atoms with van der Waals surface area (Å²) in [6, 6.07) is 12.9. The lowest BCUT2D eigenvalue weighted by molar-refractivity contribution is 0.584. The fraction of sp³-hybridized carbons (Fsp3) is 0. The highest BCUT2D eigenvalue weighted by Gasteiger charge is 2.05. The Bertz CT molecular complexity index is 644. The van der Waals surface area contributed by atoms with Crippen LogP contribution >= 0.6 is 0 Å². The average Bonchev–Trinajstić information content (AvgIpc) is 2.90. The zero-order valence-corrected chi connectivity index (χ0v) is 9.47.